The second-order valence-corrected chi connectivity index (χ2v) is 5.70. The van der Waals surface area contributed by atoms with Crippen molar-refractivity contribution in [3.8, 4) is 6.07 Å². The molecule has 4 nitrogen and oxygen atoms in total. The van der Waals surface area contributed by atoms with Crippen molar-refractivity contribution in [2.45, 2.75) is 13.0 Å². The molecule has 2 rings (SSSR count). The average molecular weight is 308 g/mol. The summed E-state index contributed by atoms with van der Waals surface area (Å²) in [6.45, 7) is 7.29. The summed E-state index contributed by atoms with van der Waals surface area (Å²) < 4.78 is 5.37. The number of hydrogen-bond donors (Lipinski definition) is 0. The van der Waals surface area contributed by atoms with Crippen molar-refractivity contribution in [2.75, 3.05) is 45.9 Å². The summed E-state index contributed by atoms with van der Waals surface area (Å²) in [5.74, 6) is 0. The van der Waals surface area contributed by atoms with Crippen molar-refractivity contribution >= 4 is 11.6 Å². The van der Waals surface area contributed by atoms with Gasteiger partial charge in [-0.25, -0.2) is 0 Å². The van der Waals surface area contributed by atoms with E-state index in [1.165, 1.54) is 5.56 Å². The first kappa shape index (κ1) is 16.3. The normalized spacial score (nSPS) is 16.0. The van der Waals surface area contributed by atoms with Gasteiger partial charge in [0.25, 0.3) is 0 Å². The van der Waals surface area contributed by atoms with Gasteiger partial charge in [-0.1, -0.05) is 23.7 Å². The van der Waals surface area contributed by atoms with Crippen LogP contribution in [-0.2, 0) is 11.3 Å². The molecule has 0 saturated carbocycles. The van der Waals surface area contributed by atoms with E-state index in [-0.39, 0.29) is 0 Å². The van der Waals surface area contributed by atoms with Crippen LogP contribution in [0.5, 0.6) is 0 Å². The Labute approximate surface area is 131 Å². The molecule has 0 N–H and O–H groups in total. The van der Waals surface area contributed by atoms with Gasteiger partial charge in [0.15, 0.2) is 0 Å². The summed E-state index contributed by atoms with van der Waals surface area (Å²) in [5.41, 5.74) is 1.20. The molecule has 1 heterocycles. The monoisotopic (exact) mass is 307 g/mol. The maximum atomic E-state index is 8.82. The van der Waals surface area contributed by atoms with Crippen molar-refractivity contribution in [3.63, 3.8) is 0 Å². The van der Waals surface area contributed by atoms with Gasteiger partial charge >= 0.3 is 0 Å². The number of nitrogens with zero attached hydrogens (tertiary/aromatic N) is 3. The Morgan fingerprint density at radius 2 is 2.10 bits per heavy atom. The molecule has 0 amide bonds. The van der Waals surface area contributed by atoms with Crippen molar-refractivity contribution in [1.29, 1.82) is 5.26 Å². The first-order valence-corrected chi connectivity index (χ1v) is 7.79. The number of hydrogen-bond acceptors (Lipinski definition) is 4. The largest absolute Gasteiger partial charge is 0.379 e. The van der Waals surface area contributed by atoms with Gasteiger partial charge in [0.1, 0.15) is 0 Å². The number of morpholine rings is 1. The fraction of sp³-hybridized carbons (Fsp3) is 0.562. The van der Waals surface area contributed by atoms with Crippen LogP contribution >= 0.6 is 11.6 Å². The minimum atomic E-state index is 0.559. The van der Waals surface area contributed by atoms with Gasteiger partial charge in [0, 0.05) is 50.7 Å². The minimum absolute atomic E-state index is 0.559. The van der Waals surface area contributed by atoms with Gasteiger partial charge in [-0.2, -0.15) is 5.26 Å². The summed E-state index contributed by atoms with van der Waals surface area (Å²) in [6.07, 6.45) is 0.559. The lowest BCUT2D eigenvalue weighted by Crippen LogP contribution is -2.41. The third-order valence-corrected chi connectivity index (χ3v) is 3.91. The molecule has 0 radical (unpaired) electrons. The maximum absolute atomic E-state index is 8.82. The van der Waals surface area contributed by atoms with E-state index in [0.717, 1.165) is 57.5 Å². The molecule has 114 valence electrons. The summed E-state index contributed by atoms with van der Waals surface area (Å²) in [7, 11) is 0. The quantitative estimate of drug-likeness (QED) is 0.775. The zero-order valence-electron chi connectivity index (χ0n) is 12.3. The highest BCUT2D eigenvalue weighted by Gasteiger charge is 2.12. The number of nitriles is 1. The topological polar surface area (TPSA) is 39.5 Å². The Morgan fingerprint density at radius 3 is 2.81 bits per heavy atom. The first-order valence-electron chi connectivity index (χ1n) is 7.42. The summed E-state index contributed by atoms with van der Waals surface area (Å²) in [4.78, 5) is 4.74. The van der Waals surface area contributed by atoms with Crippen LogP contribution in [0.3, 0.4) is 0 Å². The van der Waals surface area contributed by atoms with Crippen LogP contribution in [0.25, 0.3) is 0 Å². The lowest BCUT2D eigenvalue weighted by molar-refractivity contribution is 0.0330. The van der Waals surface area contributed by atoms with Crippen LogP contribution in [0.4, 0.5) is 0 Å². The highest BCUT2D eigenvalue weighted by Crippen LogP contribution is 2.13. The first-order chi connectivity index (χ1) is 10.3. The molecule has 0 atom stereocenters. The van der Waals surface area contributed by atoms with Crippen molar-refractivity contribution in [1.82, 2.24) is 9.80 Å². The molecule has 1 saturated heterocycles. The molecule has 21 heavy (non-hydrogen) atoms. The van der Waals surface area contributed by atoms with Gasteiger partial charge in [0.2, 0.25) is 0 Å². The van der Waals surface area contributed by atoms with Crippen molar-refractivity contribution in [2.24, 2.45) is 0 Å². The molecule has 0 spiro atoms. The van der Waals surface area contributed by atoms with Crippen LogP contribution < -0.4 is 0 Å². The SMILES string of the molecule is N#CCCN(CCN1CCOCC1)Cc1cccc(Cl)c1. The predicted molar refractivity (Wildman–Crippen MR) is 84.2 cm³/mol. The third-order valence-electron chi connectivity index (χ3n) is 3.67. The lowest BCUT2D eigenvalue weighted by atomic mass is 10.2. The minimum Gasteiger partial charge on any atom is -0.379 e. The lowest BCUT2D eigenvalue weighted by Gasteiger charge is -2.29. The second kappa shape index (κ2) is 9.01. The van der Waals surface area contributed by atoms with Crippen LogP contribution in [0.1, 0.15) is 12.0 Å². The number of rotatable bonds is 7. The molecule has 5 heteroatoms. The Hall–Kier alpha value is -1.12. The van der Waals surface area contributed by atoms with Gasteiger partial charge in [-0.15, -0.1) is 0 Å². The van der Waals surface area contributed by atoms with Gasteiger partial charge in [0.05, 0.1) is 19.3 Å². The molecule has 0 aliphatic carbocycles. The number of halogens is 1. The Bertz CT molecular complexity index is 469. The zero-order chi connectivity index (χ0) is 14.9. The van der Waals surface area contributed by atoms with Crippen LogP contribution in [0.2, 0.25) is 5.02 Å². The molecule has 1 fully saturated rings. The molecular formula is C16H22ClN3O. The highest BCUT2D eigenvalue weighted by molar-refractivity contribution is 6.30. The molecule has 1 aliphatic heterocycles. The van der Waals surface area contributed by atoms with Crippen LogP contribution in [0.15, 0.2) is 24.3 Å². The average Bonchev–Trinajstić information content (AvgIpc) is 2.51. The predicted octanol–water partition coefficient (Wildman–Crippen LogP) is 2.39. The van der Waals surface area contributed by atoms with E-state index in [1.54, 1.807) is 0 Å². The summed E-state index contributed by atoms with van der Waals surface area (Å²) in [6, 6.07) is 10.2. The van der Waals surface area contributed by atoms with E-state index in [1.807, 2.05) is 18.2 Å². The fourth-order valence-corrected chi connectivity index (χ4v) is 2.69. The number of benzene rings is 1. The van der Waals surface area contributed by atoms with Gasteiger partial charge < -0.3 is 4.74 Å². The van der Waals surface area contributed by atoms with Crippen LogP contribution in [0, 0.1) is 11.3 Å². The van der Waals surface area contributed by atoms with E-state index in [9.17, 15) is 0 Å². The molecule has 1 aromatic carbocycles. The standard InChI is InChI=1S/C16H22ClN3O/c17-16-4-1-3-15(13-16)14-20(6-2-5-18)8-7-19-9-11-21-12-10-19/h1,3-4,13H,2,6-12,14H2. The molecule has 0 aromatic heterocycles. The summed E-state index contributed by atoms with van der Waals surface area (Å²) >= 11 is 6.04. The summed E-state index contributed by atoms with van der Waals surface area (Å²) in [5, 5.41) is 9.58. The molecule has 0 unspecified atom stereocenters. The highest BCUT2D eigenvalue weighted by atomic mass is 35.5. The van der Waals surface area contributed by atoms with Gasteiger partial charge in [-0.05, 0) is 17.7 Å². The maximum Gasteiger partial charge on any atom is 0.0635 e. The molecule has 0 bridgehead atoms. The molecule has 1 aliphatic rings. The smallest absolute Gasteiger partial charge is 0.0635 e. The Morgan fingerprint density at radius 1 is 1.29 bits per heavy atom. The third kappa shape index (κ3) is 6.03. The molecular weight excluding hydrogens is 286 g/mol. The van der Waals surface area contributed by atoms with E-state index in [2.05, 4.69) is 21.9 Å². The van der Waals surface area contributed by atoms with E-state index >= 15 is 0 Å². The van der Waals surface area contributed by atoms with E-state index < -0.39 is 0 Å². The molecule has 1 aromatic rings. The Kier molecular flexibility index (Phi) is 6.98. The van der Waals surface area contributed by atoms with E-state index in [4.69, 9.17) is 21.6 Å². The fourth-order valence-electron chi connectivity index (χ4n) is 2.48. The van der Waals surface area contributed by atoms with Crippen molar-refractivity contribution in [3.05, 3.63) is 34.9 Å². The van der Waals surface area contributed by atoms with Gasteiger partial charge in [-0.3, -0.25) is 9.80 Å². The number of ether oxygens (including phenoxy) is 1. The van der Waals surface area contributed by atoms with Crippen LogP contribution in [-0.4, -0.2) is 55.7 Å². The Balaban J connectivity index is 1.86. The second-order valence-electron chi connectivity index (χ2n) is 5.27. The zero-order valence-corrected chi connectivity index (χ0v) is 13.1. The van der Waals surface area contributed by atoms with Crippen molar-refractivity contribution < 1.29 is 4.74 Å². The van der Waals surface area contributed by atoms with E-state index in [0.29, 0.717) is 6.42 Å².